The van der Waals surface area contributed by atoms with E-state index in [4.69, 9.17) is 4.42 Å². The van der Waals surface area contributed by atoms with Gasteiger partial charge in [-0.1, -0.05) is 36.4 Å². The Kier molecular flexibility index (Phi) is 5.01. The second-order valence-corrected chi connectivity index (χ2v) is 7.20. The number of para-hydroxylation sites is 2. The number of rotatable bonds is 4. The zero-order valence-electron chi connectivity index (χ0n) is 15.0. The van der Waals surface area contributed by atoms with E-state index in [2.05, 4.69) is 5.32 Å². The van der Waals surface area contributed by atoms with Crippen molar-refractivity contribution in [2.45, 2.75) is 0 Å². The minimum Gasteiger partial charge on any atom is -0.422 e. The van der Waals surface area contributed by atoms with E-state index in [1.165, 1.54) is 6.08 Å². The van der Waals surface area contributed by atoms with Gasteiger partial charge < -0.3 is 9.73 Å². The van der Waals surface area contributed by atoms with Crippen molar-refractivity contribution >= 4 is 51.5 Å². The van der Waals surface area contributed by atoms with Crippen LogP contribution < -0.4 is 10.9 Å². The first kappa shape index (κ1) is 18.7. The second-order valence-electron chi connectivity index (χ2n) is 6.21. The third-order valence-corrected chi connectivity index (χ3v) is 5.10. The van der Waals surface area contributed by atoms with Crippen molar-refractivity contribution in [1.29, 1.82) is 0 Å². The molecular weight excluding hydrogens is 392 g/mol. The Hall–Kier alpha value is -3.65. The average molecular weight is 406 g/mol. The summed E-state index contributed by atoms with van der Waals surface area (Å²) in [7, 11) is 0. The van der Waals surface area contributed by atoms with Crippen LogP contribution in [0.4, 0.5) is 10.5 Å². The molecule has 0 spiro atoms. The van der Waals surface area contributed by atoms with Crippen LogP contribution in [-0.2, 0) is 9.59 Å². The van der Waals surface area contributed by atoms with Crippen LogP contribution in [0.25, 0.3) is 17.0 Å². The van der Waals surface area contributed by atoms with E-state index in [1.807, 2.05) is 0 Å². The van der Waals surface area contributed by atoms with E-state index in [-0.39, 0.29) is 10.5 Å². The van der Waals surface area contributed by atoms with Crippen LogP contribution >= 0.6 is 11.8 Å². The zero-order valence-corrected chi connectivity index (χ0v) is 15.8. The van der Waals surface area contributed by atoms with Gasteiger partial charge in [0.1, 0.15) is 12.1 Å². The van der Waals surface area contributed by atoms with Gasteiger partial charge in [-0.2, -0.15) is 0 Å². The van der Waals surface area contributed by atoms with Gasteiger partial charge >= 0.3 is 5.63 Å². The van der Waals surface area contributed by atoms with E-state index in [1.54, 1.807) is 60.7 Å². The number of benzene rings is 2. The van der Waals surface area contributed by atoms with Gasteiger partial charge in [-0.25, -0.2) is 4.79 Å². The molecule has 0 bridgehead atoms. The SMILES string of the molecule is O=C(CN1C(=O)SC(=Cc2cc3ccccc3oc2=O)C1=O)Nc1ccccc1. The number of nitrogens with one attached hydrogen (secondary N) is 1. The maximum atomic E-state index is 12.6. The van der Waals surface area contributed by atoms with Crippen molar-refractivity contribution in [1.82, 2.24) is 4.90 Å². The summed E-state index contributed by atoms with van der Waals surface area (Å²) in [5.41, 5.74) is 0.536. The van der Waals surface area contributed by atoms with E-state index >= 15 is 0 Å². The lowest BCUT2D eigenvalue weighted by molar-refractivity contribution is -0.127. The molecule has 0 unspecified atom stereocenters. The highest BCUT2D eigenvalue weighted by atomic mass is 32.2. The topological polar surface area (TPSA) is 96.7 Å². The molecule has 0 radical (unpaired) electrons. The van der Waals surface area contributed by atoms with E-state index < -0.39 is 29.2 Å². The summed E-state index contributed by atoms with van der Waals surface area (Å²) in [6.07, 6.45) is 1.32. The Morgan fingerprint density at radius 2 is 1.76 bits per heavy atom. The van der Waals surface area contributed by atoms with Crippen molar-refractivity contribution in [2.24, 2.45) is 0 Å². The Morgan fingerprint density at radius 1 is 1.03 bits per heavy atom. The largest absolute Gasteiger partial charge is 0.422 e. The van der Waals surface area contributed by atoms with Crippen LogP contribution in [-0.4, -0.2) is 28.5 Å². The minimum atomic E-state index is -0.629. The highest BCUT2D eigenvalue weighted by Crippen LogP contribution is 2.32. The number of carbonyl (C=O) groups is 3. The summed E-state index contributed by atoms with van der Waals surface area (Å²) in [4.78, 5) is 50.1. The van der Waals surface area contributed by atoms with Crippen LogP contribution in [0.15, 0.2) is 74.8 Å². The zero-order chi connectivity index (χ0) is 20.4. The van der Waals surface area contributed by atoms with Crippen molar-refractivity contribution < 1.29 is 18.8 Å². The Morgan fingerprint density at radius 3 is 2.55 bits per heavy atom. The average Bonchev–Trinajstić information content (AvgIpc) is 2.96. The summed E-state index contributed by atoms with van der Waals surface area (Å²) < 4.78 is 5.24. The van der Waals surface area contributed by atoms with Crippen LogP contribution in [0.1, 0.15) is 5.56 Å². The molecule has 4 rings (SSSR count). The van der Waals surface area contributed by atoms with Crippen LogP contribution in [0.2, 0.25) is 0 Å². The lowest BCUT2D eigenvalue weighted by Crippen LogP contribution is -2.36. The highest BCUT2D eigenvalue weighted by Gasteiger charge is 2.36. The van der Waals surface area contributed by atoms with E-state index in [0.29, 0.717) is 28.4 Å². The molecule has 7 nitrogen and oxygen atoms in total. The molecule has 0 saturated carbocycles. The van der Waals surface area contributed by atoms with Gasteiger partial charge in [0, 0.05) is 11.1 Å². The lowest BCUT2D eigenvalue weighted by Gasteiger charge is -2.12. The number of nitrogens with zero attached hydrogens (tertiary/aromatic N) is 1. The summed E-state index contributed by atoms with van der Waals surface area (Å²) in [5, 5.41) is 2.74. The molecule has 1 aliphatic rings. The number of anilines is 1. The number of hydrogen-bond acceptors (Lipinski definition) is 6. The molecule has 8 heteroatoms. The van der Waals surface area contributed by atoms with Crippen molar-refractivity contribution in [3.8, 4) is 0 Å². The molecule has 1 N–H and O–H groups in total. The smallest absolute Gasteiger partial charge is 0.343 e. The normalized spacial score (nSPS) is 15.3. The molecule has 1 aliphatic heterocycles. The monoisotopic (exact) mass is 406 g/mol. The molecular formula is C21H14N2O5S. The molecule has 1 aromatic heterocycles. The van der Waals surface area contributed by atoms with Gasteiger partial charge in [-0.15, -0.1) is 0 Å². The molecule has 3 amide bonds. The second kappa shape index (κ2) is 7.76. The highest BCUT2D eigenvalue weighted by molar-refractivity contribution is 8.18. The predicted octanol–water partition coefficient (Wildman–Crippen LogP) is 3.47. The molecule has 1 fully saturated rings. The molecule has 3 aromatic rings. The standard InChI is InChI=1S/C21H14N2O5S/c24-18(22-15-7-2-1-3-8-15)12-23-19(25)17(29-21(23)27)11-14-10-13-6-4-5-9-16(13)28-20(14)26/h1-11H,12H2,(H,22,24). The summed E-state index contributed by atoms with van der Waals surface area (Å²) >= 11 is 0.677. The number of thioether (sulfide) groups is 1. The molecule has 1 saturated heterocycles. The molecule has 0 aliphatic carbocycles. The fraction of sp³-hybridized carbons (Fsp3) is 0.0476. The van der Waals surface area contributed by atoms with Crippen molar-refractivity contribution in [3.63, 3.8) is 0 Å². The quantitative estimate of drug-likeness (QED) is 0.526. The Bertz CT molecular complexity index is 1220. The molecule has 144 valence electrons. The molecule has 29 heavy (non-hydrogen) atoms. The summed E-state index contributed by atoms with van der Waals surface area (Å²) in [5.74, 6) is -1.12. The van der Waals surface area contributed by atoms with Crippen molar-refractivity contribution in [2.75, 3.05) is 11.9 Å². The first-order chi connectivity index (χ1) is 14.0. The molecule has 2 aromatic carbocycles. The minimum absolute atomic E-state index is 0.0603. The predicted molar refractivity (Wildman–Crippen MR) is 110 cm³/mol. The van der Waals surface area contributed by atoms with Crippen LogP contribution in [0.3, 0.4) is 0 Å². The van der Waals surface area contributed by atoms with E-state index in [9.17, 15) is 19.2 Å². The maximum absolute atomic E-state index is 12.6. The van der Waals surface area contributed by atoms with Gasteiger partial charge in [0.25, 0.3) is 11.1 Å². The third-order valence-electron chi connectivity index (χ3n) is 4.19. The number of imide groups is 1. The fourth-order valence-corrected chi connectivity index (χ4v) is 3.65. The first-order valence-electron chi connectivity index (χ1n) is 8.64. The number of carbonyl (C=O) groups excluding carboxylic acids is 3. The van der Waals surface area contributed by atoms with Crippen LogP contribution in [0.5, 0.6) is 0 Å². The van der Waals surface area contributed by atoms with Gasteiger partial charge in [0.15, 0.2) is 0 Å². The number of amides is 3. The maximum Gasteiger partial charge on any atom is 0.343 e. The lowest BCUT2D eigenvalue weighted by atomic mass is 10.2. The fourth-order valence-electron chi connectivity index (χ4n) is 2.82. The summed E-state index contributed by atoms with van der Waals surface area (Å²) in [6, 6.07) is 17.3. The summed E-state index contributed by atoms with van der Waals surface area (Å²) in [6.45, 7) is -0.413. The van der Waals surface area contributed by atoms with Gasteiger partial charge in [-0.05, 0) is 42.1 Å². The van der Waals surface area contributed by atoms with Gasteiger partial charge in [0.05, 0.1) is 10.5 Å². The van der Waals surface area contributed by atoms with Gasteiger partial charge in [0.2, 0.25) is 5.91 Å². The third kappa shape index (κ3) is 3.97. The van der Waals surface area contributed by atoms with Gasteiger partial charge in [-0.3, -0.25) is 19.3 Å². The number of hydrogen-bond donors (Lipinski definition) is 1. The first-order valence-corrected chi connectivity index (χ1v) is 9.46. The van der Waals surface area contributed by atoms with Crippen molar-refractivity contribution in [3.05, 3.63) is 81.6 Å². The number of fused-ring (bicyclic) bond motifs is 1. The van der Waals surface area contributed by atoms with Crippen LogP contribution in [0, 0.1) is 0 Å². The molecule has 2 heterocycles. The Balaban J connectivity index is 1.54. The Labute approximate surface area is 169 Å². The van der Waals surface area contributed by atoms with E-state index in [0.717, 1.165) is 4.90 Å². The molecule has 0 atom stereocenters.